The monoisotopic (exact) mass is 363 g/mol. The predicted molar refractivity (Wildman–Crippen MR) is 109 cm³/mol. The Kier molecular flexibility index (Phi) is 6.14. The Morgan fingerprint density at radius 1 is 1.04 bits per heavy atom. The van der Waals surface area contributed by atoms with E-state index in [-0.39, 0.29) is 0 Å². The number of nitrogens with zero attached hydrogens (tertiary/aromatic N) is 5. The van der Waals surface area contributed by atoms with Crippen molar-refractivity contribution in [1.82, 2.24) is 20.2 Å². The Hall–Kier alpha value is -3.22. The Bertz CT molecular complexity index is 863. The maximum Gasteiger partial charge on any atom is 0.244 e. The molecule has 140 valence electrons. The molecular weight excluding hydrogens is 338 g/mol. The second-order valence-electron chi connectivity index (χ2n) is 6.17. The lowest BCUT2D eigenvalue weighted by Gasteiger charge is -2.22. The van der Waals surface area contributed by atoms with E-state index in [9.17, 15) is 0 Å². The minimum Gasteiger partial charge on any atom is -0.372 e. The Labute approximate surface area is 159 Å². The summed E-state index contributed by atoms with van der Waals surface area (Å²) in [5, 5.41) is 14.6. The van der Waals surface area contributed by atoms with Crippen LogP contribution in [0.2, 0.25) is 0 Å². The summed E-state index contributed by atoms with van der Waals surface area (Å²) in [5.41, 5.74) is 4.49. The zero-order valence-electron chi connectivity index (χ0n) is 16.0. The third kappa shape index (κ3) is 4.91. The van der Waals surface area contributed by atoms with Crippen molar-refractivity contribution in [2.75, 3.05) is 28.6 Å². The third-order valence-corrected chi connectivity index (χ3v) is 4.36. The predicted octanol–water partition coefficient (Wildman–Crippen LogP) is 3.78. The molecular formula is C20H25N7. The van der Waals surface area contributed by atoms with Crippen LogP contribution >= 0.6 is 0 Å². The Morgan fingerprint density at radius 3 is 2.52 bits per heavy atom. The van der Waals surface area contributed by atoms with Crippen molar-refractivity contribution in [3.63, 3.8) is 0 Å². The second kappa shape index (κ2) is 8.93. The fourth-order valence-corrected chi connectivity index (χ4v) is 2.83. The molecule has 0 saturated carbocycles. The topological polar surface area (TPSA) is 78.9 Å². The van der Waals surface area contributed by atoms with Gasteiger partial charge in [0.25, 0.3) is 0 Å². The molecule has 0 atom stereocenters. The molecule has 2 aromatic heterocycles. The summed E-state index contributed by atoms with van der Waals surface area (Å²) in [6, 6.07) is 10.3. The summed E-state index contributed by atoms with van der Waals surface area (Å²) >= 11 is 0. The lowest BCUT2D eigenvalue weighted by molar-refractivity contribution is 0.866. The van der Waals surface area contributed by atoms with Gasteiger partial charge in [-0.25, -0.2) is 0 Å². The number of anilines is 4. The highest BCUT2D eigenvalue weighted by Crippen LogP contribution is 2.25. The maximum atomic E-state index is 4.49. The SMILES string of the molecule is CCN(CC)c1ccc(Nc2cnnc(NCc3ccncc3)n2)c(C)c1. The highest BCUT2D eigenvalue weighted by molar-refractivity contribution is 5.65. The zero-order chi connectivity index (χ0) is 19.1. The van der Waals surface area contributed by atoms with Crippen LogP contribution < -0.4 is 15.5 Å². The summed E-state index contributed by atoms with van der Waals surface area (Å²) in [7, 11) is 0. The van der Waals surface area contributed by atoms with Crippen molar-refractivity contribution in [3.05, 3.63) is 60.0 Å². The third-order valence-electron chi connectivity index (χ3n) is 4.36. The fourth-order valence-electron chi connectivity index (χ4n) is 2.83. The van der Waals surface area contributed by atoms with Gasteiger partial charge in [0.05, 0.1) is 6.20 Å². The normalized spacial score (nSPS) is 10.5. The number of hydrogen-bond acceptors (Lipinski definition) is 7. The van der Waals surface area contributed by atoms with Gasteiger partial charge in [-0.3, -0.25) is 4.98 Å². The summed E-state index contributed by atoms with van der Waals surface area (Å²) in [4.78, 5) is 10.8. The largest absolute Gasteiger partial charge is 0.372 e. The average Bonchev–Trinajstić information content (AvgIpc) is 2.70. The molecule has 27 heavy (non-hydrogen) atoms. The van der Waals surface area contributed by atoms with Crippen LogP contribution in [0, 0.1) is 6.92 Å². The van der Waals surface area contributed by atoms with E-state index in [1.165, 1.54) is 5.69 Å². The first-order valence-corrected chi connectivity index (χ1v) is 9.14. The summed E-state index contributed by atoms with van der Waals surface area (Å²) < 4.78 is 0. The van der Waals surface area contributed by atoms with E-state index < -0.39 is 0 Å². The van der Waals surface area contributed by atoms with Gasteiger partial charge < -0.3 is 15.5 Å². The van der Waals surface area contributed by atoms with Crippen LogP contribution in [-0.2, 0) is 6.54 Å². The van der Waals surface area contributed by atoms with E-state index in [4.69, 9.17) is 0 Å². The molecule has 7 nitrogen and oxygen atoms in total. The van der Waals surface area contributed by atoms with E-state index in [0.29, 0.717) is 18.3 Å². The highest BCUT2D eigenvalue weighted by Gasteiger charge is 2.07. The lowest BCUT2D eigenvalue weighted by Crippen LogP contribution is -2.21. The molecule has 0 amide bonds. The standard InChI is InChI=1S/C20H25N7/c1-4-27(5-2)17-6-7-18(15(3)12-17)24-19-14-23-26-20(25-19)22-13-16-8-10-21-11-9-16/h6-12,14H,4-5,13H2,1-3H3,(H2,22,24,25,26). The van der Waals surface area contributed by atoms with Crippen LogP contribution in [0.15, 0.2) is 48.9 Å². The molecule has 0 spiro atoms. The molecule has 3 rings (SSSR count). The molecule has 0 aliphatic heterocycles. The van der Waals surface area contributed by atoms with Gasteiger partial charge in [0, 0.05) is 43.4 Å². The van der Waals surface area contributed by atoms with Crippen molar-refractivity contribution < 1.29 is 0 Å². The first-order valence-electron chi connectivity index (χ1n) is 9.14. The van der Waals surface area contributed by atoms with Crippen LogP contribution in [0.1, 0.15) is 25.0 Å². The van der Waals surface area contributed by atoms with Crippen molar-refractivity contribution in [1.29, 1.82) is 0 Å². The Morgan fingerprint density at radius 2 is 1.81 bits per heavy atom. The molecule has 0 aliphatic rings. The van der Waals surface area contributed by atoms with Crippen LogP contribution in [0.3, 0.4) is 0 Å². The van der Waals surface area contributed by atoms with Crippen molar-refractivity contribution in [2.45, 2.75) is 27.3 Å². The van der Waals surface area contributed by atoms with Crippen molar-refractivity contribution >= 4 is 23.1 Å². The van der Waals surface area contributed by atoms with Gasteiger partial charge in [0.2, 0.25) is 5.95 Å². The molecule has 1 aromatic carbocycles. The molecule has 0 unspecified atom stereocenters. The van der Waals surface area contributed by atoms with Crippen LogP contribution in [0.4, 0.5) is 23.1 Å². The van der Waals surface area contributed by atoms with Gasteiger partial charge in [-0.2, -0.15) is 10.1 Å². The number of aryl methyl sites for hydroxylation is 1. The van der Waals surface area contributed by atoms with Crippen molar-refractivity contribution in [2.24, 2.45) is 0 Å². The molecule has 0 bridgehead atoms. The summed E-state index contributed by atoms with van der Waals surface area (Å²) in [6.45, 7) is 9.02. The first-order chi connectivity index (χ1) is 13.2. The molecule has 2 heterocycles. The molecule has 0 fully saturated rings. The number of aromatic nitrogens is 4. The van der Waals surface area contributed by atoms with E-state index in [1.54, 1.807) is 18.6 Å². The van der Waals surface area contributed by atoms with Crippen LogP contribution in [0.25, 0.3) is 0 Å². The van der Waals surface area contributed by atoms with E-state index in [1.807, 2.05) is 12.1 Å². The highest BCUT2D eigenvalue weighted by atomic mass is 15.3. The maximum absolute atomic E-state index is 4.49. The smallest absolute Gasteiger partial charge is 0.244 e. The van der Waals surface area contributed by atoms with Gasteiger partial charge in [-0.05, 0) is 62.2 Å². The van der Waals surface area contributed by atoms with Crippen LogP contribution in [0.5, 0.6) is 0 Å². The van der Waals surface area contributed by atoms with Crippen molar-refractivity contribution in [3.8, 4) is 0 Å². The van der Waals surface area contributed by atoms with E-state index >= 15 is 0 Å². The second-order valence-corrected chi connectivity index (χ2v) is 6.17. The molecule has 7 heteroatoms. The van der Waals surface area contributed by atoms with Gasteiger partial charge >= 0.3 is 0 Å². The van der Waals surface area contributed by atoms with Crippen LogP contribution in [-0.4, -0.2) is 33.3 Å². The minimum absolute atomic E-state index is 0.481. The summed E-state index contributed by atoms with van der Waals surface area (Å²) in [5.74, 6) is 1.13. The number of hydrogen-bond donors (Lipinski definition) is 2. The van der Waals surface area contributed by atoms with E-state index in [2.05, 4.69) is 74.7 Å². The first kappa shape index (κ1) is 18.6. The molecule has 0 radical (unpaired) electrons. The zero-order valence-corrected chi connectivity index (χ0v) is 16.0. The molecule has 2 N–H and O–H groups in total. The fraction of sp³-hybridized carbons (Fsp3) is 0.300. The van der Waals surface area contributed by atoms with Gasteiger partial charge in [-0.1, -0.05) is 0 Å². The minimum atomic E-state index is 0.481. The number of rotatable bonds is 8. The van der Waals surface area contributed by atoms with E-state index in [0.717, 1.165) is 29.9 Å². The molecule has 0 aliphatic carbocycles. The Balaban J connectivity index is 1.69. The molecule has 0 saturated heterocycles. The van der Waals surface area contributed by atoms with Gasteiger partial charge in [0.15, 0.2) is 5.82 Å². The van der Waals surface area contributed by atoms with Gasteiger partial charge in [-0.15, -0.1) is 5.10 Å². The number of nitrogens with one attached hydrogen (secondary N) is 2. The van der Waals surface area contributed by atoms with Gasteiger partial charge in [0.1, 0.15) is 0 Å². The average molecular weight is 363 g/mol. The lowest BCUT2D eigenvalue weighted by atomic mass is 10.1. The number of benzene rings is 1. The number of pyridine rings is 1. The summed E-state index contributed by atoms with van der Waals surface area (Å²) in [6.07, 6.45) is 5.15. The molecule has 3 aromatic rings. The quantitative estimate of drug-likeness (QED) is 0.630.